The van der Waals surface area contributed by atoms with Gasteiger partial charge in [0.05, 0.1) is 12.5 Å². The van der Waals surface area contributed by atoms with E-state index in [9.17, 15) is 4.79 Å². The minimum atomic E-state index is -0.567. The van der Waals surface area contributed by atoms with Crippen LogP contribution < -0.4 is 4.90 Å². The first-order chi connectivity index (χ1) is 16.7. The predicted molar refractivity (Wildman–Crippen MR) is 138 cm³/mol. The van der Waals surface area contributed by atoms with E-state index >= 15 is 0 Å². The van der Waals surface area contributed by atoms with Crippen molar-refractivity contribution >= 4 is 11.8 Å². The van der Waals surface area contributed by atoms with Crippen LogP contribution in [0.15, 0.2) is 79.0 Å². The topological polar surface area (TPSA) is 45.7 Å². The number of methoxy groups -OCH3 is 1. The van der Waals surface area contributed by atoms with Gasteiger partial charge in [0.15, 0.2) is 0 Å². The summed E-state index contributed by atoms with van der Waals surface area (Å²) in [5, 5.41) is 0. The van der Waals surface area contributed by atoms with Gasteiger partial charge in [-0.05, 0) is 49.1 Å². The molecular formula is C29H35N3O2. The number of hydrogen-bond acceptors (Lipinski definition) is 5. The van der Waals surface area contributed by atoms with Crippen LogP contribution in [0, 0.1) is 0 Å². The summed E-state index contributed by atoms with van der Waals surface area (Å²) in [7, 11) is 1.50. The Bertz CT molecular complexity index is 1030. The third-order valence-corrected chi connectivity index (χ3v) is 7.14. The molecule has 0 bridgehead atoms. The molecule has 1 aliphatic rings. The highest BCUT2D eigenvalue weighted by molar-refractivity contribution is 5.83. The van der Waals surface area contributed by atoms with E-state index in [1.54, 1.807) is 0 Å². The fraction of sp³-hybridized carbons (Fsp3) is 0.379. The Morgan fingerprint density at radius 3 is 2.18 bits per heavy atom. The molecule has 0 radical (unpaired) electrons. The van der Waals surface area contributed by atoms with Gasteiger partial charge in [-0.25, -0.2) is 4.98 Å². The van der Waals surface area contributed by atoms with Crippen LogP contribution in [0.1, 0.15) is 31.7 Å². The number of carbonyl (C=O) groups excluding carboxylic acids is 1. The summed E-state index contributed by atoms with van der Waals surface area (Å²) < 4.78 is 5.24. The van der Waals surface area contributed by atoms with E-state index in [-0.39, 0.29) is 5.97 Å². The molecule has 3 aromatic rings. The van der Waals surface area contributed by atoms with Crippen LogP contribution in [0.5, 0.6) is 0 Å². The maximum Gasteiger partial charge on any atom is 0.316 e. The zero-order valence-corrected chi connectivity index (χ0v) is 20.3. The fourth-order valence-electron chi connectivity index (χ4n) is 5.02. The summed E-state index contributed by atoms with van der Waals surface area (Å²) in [5.41, 5.74) is 2.82. The van der Waals surface area contributed by atoms with Gasteiger partial charge < -0.3 is 9.64 Å². The number of esters is 1. The van der Waals surface area contributed by atoms with Gasteiger partial charge in [-0.15, -0.1) is 0 Å². The third-order valence-electron chi connectivity index (χ3n) is 7.14. The van der Waals surface area contributed by atoms with E-state index in [0.29, 0.717) is 0 Å². The van der Waals surface area contributed by atoms with Crippen molar-refractivity contribution in [2.24, 2.45) is 0 Å². The molecule has 0 saturated carbocycles. The summed E-state index contributed by atoms with van der Waals surface area (Å²) >= 11 is 0. The lowest BCUT2D eigenvalue weighted by atomic mass is 9.74. The first kappa shape index (κ1) is 24.0. The first-order valence-corrected chi connectivity index (χ1v) is 12.3. The van der Waals surface area contributed by atoms with Gasteiger partial charge >= 0.3 is 5.97 Å². The van der Waals surface area contributed by atoms with Gasteiger partial charge in [0, 0.05) is 37.9 Å². The summed E-state index contributed by atoms with van der Waals surface area (Å²) in [6, 6.07) is 24.7. The van der Waals surface area contributed by atoms with Crippen LogP contribution in [0.25, 0.3) is 11.1 Å². The Balaban J connectivity index is 1.30. The number of ether oxygens (including phenoxy) is 1. The van der Waals surface area contributed by atoms with Crippen LogP contribution >= 0.6 is 0 Å². The Labute approximate surface area is 203 Å². The van der Waals surface area contributed by atoms with E-state index in [1.165, 1.54) is 12.7 Å². The van der Waals surface area contributed by atoms with Gasteiger partial charge in [-0.3, -0.25) is 9.69 Å². The van der Waals surface area contributed by atoms with Crippen LogP contribution in [0.3, 0.4) is 0 Å². The van der Waals surface area contributed by atoms with Crippen molar-refractivity contribution in [1.82, 2.24) is 9.88 Å². The summed E-state index contributed by atoms with van der Waals surface area (Å²) in [6.45, 7) is 7.01. The molecule has 1 aromatic heterocycles. The minimum Gasteiger partial charge on any atom is -0.468 e. The van der Waals surface area contributed by atoms with Crippen molar-refractivity contribution in [3.8, 4) is 11.1 Å². The second kappa shape index (κ2) is 11.3. The second-order valence-electron chi connectivity index (χ2n) is 9.00. The molecule has 2 aromatic carbocycles. The van der Waals surface area contributed by atoms with Crippen molar-refractivity contribution in [3.63, 3.8) is 0 Å². The molecule has 2 heterocycles. The van der Waals surface area contributed by atoms with Gasteiger partial charge in [-0.1, -0.05) is 67.6 Å². The molecule has 34 heavy (non-hydrogen) atoms. The average Bonchev–Trinajstić information content (AvgIpc) is 2.92. The van der Waals surface area contributed by atoms with Gasteiger partial charge in [0.1, 0.15) is 5.82 Å². The number of nitrogens with zero attached hydrogens (tertiary/aromatic N) is 3. The summed E-state index contributed by atoms with van der Waals surface area (Å²) in [4.78, 5) is 22.4. The Morgan fingerprint density at radius 1 is 0.912 bits per heavy atom. The zero-order valence-electron chi connectivity index (χ0n) is 20.3. The highest BCUT2D eigenvalue weighted by Crippen LogP contribution is 2.34. The molecule has 1 atom stereocenters. The SMILES string of the molecule is CCC(CCCN1CCN(c2ccc(-c3ccccc3)cn2)CC1)(C(=O)OC)c1ccccc1. The molecule has 1 fully saturated rings. The quantitative estimate of drug-likeness (QED) is 0.415. The normalized spacial score (nSPS) is 16.1. The first-order valence-electron chi connectivity index (χ1n) is 12.3. The molecule has 5 nitrogen and oxygen atoms in total. The predicted octanol–water partition coefficient (Wildman–Crippen LogP) is 5.17. The van der Waals surface area contributed by atoms with Crippen molar-refractivity contribution in [3.05, 3.63) is 84.6 Å². The highest BCUT2D eigenvalue weighted by atomic mass is 16.5. The largest absolute Gasteiger partial charge is 0.468 e. The van der Waals surface area contributed by atoms with Crippen LogP contribution in [-0.4, -0.2) is 55.7 Å². The number of aromatic nitrogens is 1. The summed E-state index contributed by atoms with van der Waals surface area (Å²) in [5.74, 6) is 0.912. The lowest BCUT2D eigenvalue weighted by Crippen LogP contribution is -2.47. The molecule has 0 spiro atoms. The van der Waals surface area contributed by atoms with Crippen molar-refractivity contribution in [1.29, 1.82) is 0 Å². The molecule has 0 N–H and O–H groups in total. The summed E-state index contributed by atoms with van der Waals surface area (Å²) in [6.07, 6.45) is 4.46. The van der Waals surface area contributed by atoms with E-state index in [0.717, 1.165) is 68.9 Å². The van der Waals surface area contributed by atoms with Gasteiger partial charge in [0.25, 0.3) is 0 Å². The Hall–Kier alpha value is -3.18. The van der Waals surface area contributed by atoms with E-state index in [4.69, 9.17) is 9.72 Å². The number of anilines is 1. The molecule has 1 aliphatic heterocycles. The van der Waals surface area contributed by atoms with E-state index < -0.39 is 5.41 Å². The average molecular weight is 458 g/mol. The number of rotatable bonds is 9. The number of pyridine rings is 1. The van der Waals surface area contributed by atoms with Crippen molar-refractivity contribution in [2.45, 2.75) is 31.6 Å². The monoisotopic (exact) mass is 457 g/mol. The van der Waals surface area contributed by atoms with Gasteiger partial charge in [0.2, 0.25) is 0 Å². The molecular weight excluding hydrogens is 422 g/mol. The van der Waals surface area contributed by atoms with Gasteiger partial charge in [-0.2, -0.15) is 0 Å². The van der Waals surface area contributed by atoms with E-state index in [1.807, 2.05) is 30.5 Å². The Kier molecular flexibility index (Phi) is 7.96. The fourth-order valence-corrected chi connectivity index (χ4v) is 5.02. The maximum atomic E-state index is 12.8. The number of hydrogen-bond donors (Lipinski definition) is 0. The number of piperazine rings is 1. The molecule has 4 rings (SSSR count). The smallest absolute Gasteiger partial charge is 0.316 e. The number of carbonyl (C=O) groups is 1. The van der Waals surface area contributed by atoms with Crippen LogP contribution in [-0.2, 0) is 14.9 Å². The van der Waals surface area contributed by atoms with Crippen LogP contribution in [0.2, 0.25) is 0 Å². The molecule has 1 saturated heterocycles. The second-order valence-corrected chi connectivity index (χ2v) is 9.00. The van der Waals surface area contributed by atoms with E-state index in [2.05, 4.69) is 65.3 Å². The lowest BCUT2D eigenvalue weighted by Gasteiger charge is -2.36. The standard InChI is InChI=1S/C29H35N3O2/c1-3-29(28(33)34-2,26-13-8-5-9-14-26)17-10-18-31-19-21-32(22-20-31)27-16-15-25(23-30-27)24-11-6-4-7-12-24/h4-9,11-16,23H,3,10,17-22H2,1-2H3. The van der Waals surface area contributed by atoms with Crippen molar-refractivity contribution < 1.29 is 9.53 Å². The van der Waals surface area contributed by atoms with Crippen LogP contribution in [0.4, 0.5) is 5.82 Å². The minimum absolute atomic E-state index is 0.129. The molecule has 0 amide bonds. The molecule has 178 valence electrons. The highest BCUT2D eigenvalue weighted by Gasteiger charge is 2.39. The van der Waals surface area contributed by atoms with Crippen molar-refractivity contribution in [2.75, 3.05) is 44.7 Å². The Morgan fingerprint density at radius 2 is 1.59 bits per heavy atom. The molecule has 0 aliphatic carbocycles. The lowest BCUT2D eigenvalue weighted by molar-refractivity contribution is -0.148. The number of benzene rings is 2. The molecule has 5 heteroatoms. The maximum absolute atomic E-state index is 12.8. The molecule has 1 unspecified atom stereocenters. The third kappa shape index (κ3) is 5.31. The zero-order chi connectivity index (χ0) is 23.8.